The Labute approximate surface area is 69.1 Å². The second-order valence-electron chi connectivity index (χ2n) is 2.80. The summed E-state index contributed by atoms with van der Waals surface area (Å²) in [7, 11) is 0. The number of β-amino-alcohol motifs (C(OH)–C–C–N with tert-alkyl or cyclic N) is 1. The van der Waals surface area contributed by atoms with Crippen LogP contribution in [0.5, 0.6) is 0 Å². The van der Waals surface area contributed by atoms with Crippen LogP contribution in [0.1, 0.15) is 11.4 Å². The van der Waals surface area contributed by atoms with Crippen LogP contribution in [0.4, 0.5) is 0 Å². The summed E-state index contributed by atoms with van der Waals surface area (Å²) in [6, 6.07) is 0. The molecule has 1 fully saturated rings. The van der Waals surface area contributed by atoms with E-state index in [0.717, 1.165) is 18.0 Å². The molecule has 2 rings (SSSR count). The molecule has 2 heterocycles. The van der Waals surface area contributed by atoms with E-state index in [9.17, 15) is 5.11 Å². The number of aromatic nitrogens is 1. The zero-order valence-corrected chi connectivity index (χ0v) is 6.90. The molecule has 0 bridgehead atoms. The molecular weight excluding hydrogens is 160 g/mol. The van der Waals surface area contributed by atoms with E-state index in [0.29, 0.717) is 6.54 Å². The van der Waals surface area contributed by atoms with Crippen LogP contribution in [0.15, 0.2) is 11.6 Å². The SMILES string of the molecule is OC1(c2nccs2)CCNC1. The van der Waals surface area contributed by atoms with Gasteiger partial charge in [0.25, 0.3) is 0 Å². The summed E-state index contributed by atoms with van der Waals surface area (Å²) in [5, 5.41) is 15.8. The van der Waals surface area contributed by atoms with E-state index in [1.54, 1.807) is 6.20 Å². The molecule has 0 aromatic carbocycles. The molecule has 3 nitrogen and oxygen atoms in total. The summed E-state index contributed by atoms with van der Waals surface area (Å²) >= 11 is 1.52. The van der Waals surface area contributed by atoms with Gasteiger partial charge >= 0.3 is 0 Å². The molecule has 60 valence electrons. The summed E-state index contributed by atoms with van der Waals surface area (Å²) in [5.74, 6) is 0. The highest BCUT2D eigenvalue weighted by atomic mass is 32.1. The van der Waals surface area contributed by atoms with Crippen molar-refractivity contribution in [1.29, 1.82) is 0 Å². The van der Waals surface area contributed by atoms with Gasteiger partial charge in [0, 0.05) is 18.1 Å². The summed E-state index contributed by atoms with van der Waals surface area (Å²) in [5.41, 5.74) is -0.686. The van der Waals surface area contributed by atoms with Crippen molar-refractivity contribution in [2.45, 2.75) is 12.0 Å². The van der Waals surface area contributed by atoms with E-state index in [1.165, 1.54) is 11.3 Å². The average Bonchev–Trinajstić information content (AvgIpc) is 2.55. The predicted octanol–water partition coefficient (Wildman–Crippen LogP) is 0.324. The van der Waals surface area contributed by atoms with Gasteiger partial charge in [0.15, 0.2) is 0 Å². The van der Waals surface area contributed by atoms with Crippen LogP contribution < -0.4 is 5.32 Å². The van der Waals surface area contributed by atoms with Crippen molar-refractivity contribution in [3.8, 4) is 0 Å². The Morgan fingerprint density at radius 3 is 3.18 bits per heavy atom. The van der Waals surface area contributed by atoms with Gasteiger partial charge in [-0.25, -0.2) is 4.98 Å². The summed E-state index contributed by atoms with van der Waals surface area (Å²) in [6.45, 7) is 1.52. The summed E-state index contributed by atoms with van der Waals surface area (Å²) in [4.78, 5) is 4.10. The molecule has 1 atom stereocenters. The molecule has 0 spiro atoms. The molecular formula is C7H10N2OS. The molecule has 4 heteroatoms. The molecule has 0 radical (unpaired) electrons. The first-order valence-corrected chi connectivity index (χ1v) is 4.52. The minimum absolute atomic E-state index is 0.639. The van der Waals surface area contributed by atoms with E-state index in [4.69, 9.17) is 0 Å². The van der Waals surface area contributed by atoms with Gasteiger partial charge in [-0.1, -0.05) is 0 Å². The Bertz CT molecular complexity index is 229. The second kappa shape index (κ2) is 2.55. The minimum Gasteiger partial charge on any atom is -0.381 e. The molecule has 1 aliphatic rings. The minimum atomic E-state index is -0.686. The lowest BCUT2D eigenvalue weighted by molar-refractivity contribution is 0.0585. The van der Waals surface area contributed by atoms with Crippen molar-refractivity contribution in [3.63, 3.8) is 0 Å². The third-order valence-corrected chi connectivity index (χ3v) is 2.93. The quantitative estimate of drug-likeness (QED) is 0.638. The molecule has 0 aliphatic carbocycles. The lowest BCUT2D eigenvalue weighted by Crippen LogP contribution is -2.27. The first kappa shape index (κ1) is 7.21. The number of thiazole rings is 1. The van der Waals surface area contributed by atoms with Crippen molar-refractivity contribution < 1.29 is 5.11 Å². The van der Waals surface area contributed by atoms with Gasteiger partial charge in [0.2, 0.25) is 0 Å². The van der Waals surface area contributed by atoms with Gasteiger partial charge in [0.1, 0.15) is 10.6 Å². The molecule has 0 saturated carbocycles. The van der Waals surface area contributed by atoms with Crippen molar-refractivity contribution in [2.75, 3.05) is 13.1 Å². The summed E-state index contributed by atoms with van der Waals surface area (Å²) in [6.07, 6.45) is 2.51. The zero-order chi connectivity index (χ0) is 7.73. The maximum atomic E-state index is 9.94. The first-order chi connectivity index (χ1) is 5.31. The number of nitrogens with one attached hydrogen (secondary N) is 1. The van der Waals surface area contributed by atoms with E-state index in [2.05, 4.69) is 10.3 Å². The Hall–Kier alpha value is -0.450. The zero-order valence-electron chi connectivity index (χ0n) is 6.08. The number of aliphatic hydroxyl groups is 1. The van der Waals surface area contributed by atoms with E-state index < -0.39 is 5.60 Å². The van der Waals surface area contributed by atoms with Gasteiger partial charge in [-0.15, -0.1) is 11.3 Å². The highest BCUT2D eigenvalue weighted by molar-refractivity contribution is 7.09. The largest absolute Gasteiger partial charge is 0.381 e. The normalized spacial score (nSPS) is 31.0. The van der Waals surface area contributed by atoms with E-state index in [1.807, 2.05) is 5.38 Å². The molecule has 1 aromatic heterocycles. The Morgan fingerprint density at radius 2 is 2.64 bits per heavy atom. The average molecular weight is 170 g/mol. The molecule has 0 amide bonds. The smallest absolute Gasteiger partial charge is 0.129 e. The molecule has 2 N–H and O–H groups in total. The Morgan fingerprint density at radius 1 is 1.73 bits per heavy atom. The fourth-order valence-electron chi connectivity index (χ4n) is 1.31. The molecule has 1 saturated heterocycles. The lowest BCUT2D eigenvalue weighted by Gasteiger charge is -2.17. The van der Waals surface area contributed by atoms with Crippen molar-refractivity contribution in [1.82, 2.24) is 10.3 Å². The van der Waals surface area contributed by atoms with Crippen LogP contribution in [0, 0.1) is 0 Å². The first-order valence-electron chi connectivity index (χ1n) is 3.64. The van der Waals surface area contributed by atoms with Gasteiger partial charge in [-0.2, -0.15) is 0 Å². The van der Waals surface area contributed by atoms with Crippen LogP contribution in [0.2, 0.25) is 0 Å². The van der Waals surface area contributed by atoms with Crippen molar-refractivity contribution >= 4 is 11.3 Å². The summed E-state index contributed by atoms with van der Waals surface area (Å²) < 4.78 is 0. The van der Waals surface area contributed by atoms with Crippen molar-refractivity contribution in [2.24, 2.45) is 0 Å². The molecule has 1 aromatic rings. The van der Waals surface area contributed by atoms with Crippen LogP contribution in [-0.2, 0) is 5.60 Å². The number of hydrogen-bond acceptors (Lipinski definition) is 4. The van der Waals surface area contributed by atoms with E-state index in [-0.39, 0.29) is 0 Å². The molecule has 11 heavy (non-hydrogen) atoms. The Balaban J connectivity index is 2.27. The van der Waals surface area contributed by atoms with Crippen LogP contribution in [0.3, 0.4) is 0 Å². The van der Waals surface area contributed by atoms with Gasteiger partial charge < -0.3 is 10.4 Å². The molecule has 1 aliphatic heterocycles. The van der Waals surface area contributed by atoms with Gasteiger partial charge in [-0.05, 0) is 13.0 Å². The Kier molecular flexibility index (Phi) is 1.67. The highest BCUT2D eigenvalue weighted by Crippen LogP contribution is 2.28. The predicted molar refractivity (Wildman–Crippen MR) is 43.5 cm³/mol. The second-order valence-corrected chi connectivity index (χ2v) is 3.69. The van der Waals surface area contributed by atoms with Crippen LogP contribution >= 0.6 is 11.3 Å². The number of nitrogens with zero attached hydrogens (tertiary/aromatic N) is 1. The van der Waals surface area contributed by atoms with Crippen LogP contribution in [0.25, 0.3) is 0 Å². The van der Waals surface area contributed by atoms with Gasteiger partial charge in [-0.3, -0.25) is 0 Å². The molecule has 1 unspecified atom stereocenters. The third kappa shape index (κ3) is 1.17. The van der Waals surface area contributed by atoms with Crippen molar-refractivity contribution in [3.05, 3.63) is 16.6 Å². The fourth-order valence-corrected chi connectivity index (χ4v) is 2.08. The maximum Gasteiger partial charge on any atom is 0.129 e. The standard InChI is InChI=1S/C7H10N2OS/c10-7(1-2-8-5-7)6-9-3-4-11-6/h3-4,8,10H,1-2,5H2. The highest BCUT2D eigenvalue weighted by Gasteiger charge is 2.35. The number of hydrogen-bond donors (Lipinski definition) is 2. The van der Waals surface area contributed by atoms with Gasteiger partial charge in [0.05, 0.1) is 0 Å². The fraction of sp³-hybridized carbons (Fsp3) is 0.571. The monoisotopic (exact) mass is 170 g/mol. The third-order valence-electron chi connectivity index (χ3n) is 1.96. The maximum absolute atomic E-state index is 9.94. The topological polar surface area (TPSA) is 45.2 Å². The van der Waals surface area contributed by atoms with E-state index >= 15 is 0 Å². The van der Waals surface area contributed by atoms with Crippen LogP contribution in [-0.4, -0.2) is 23.2 Å². The number of rotatable bonds is 1. The lowest BCUT2D eigenvalue weighted by atomic mass is 10.1.